The summed E-state index contributed by atoms with van der Waals surface area (Å²) in [5.41, 5.74) is 0.773. The summed E-state index contributed by atoms with van der Waals surface area (Å²) in [6.07, 6.45) is 0. The zero-order chi connectivity index (χ0) is 18.3. The molecule has 0 unspecified atom stereocenters. The number of amides is 2. The maximum atomic E-state index is 12.7. The van der Waals surface area contributed by atoms with Gasteiger partial charge >= 0.3 is 0 Å². The van der Waals surface area contributed by atoms with Crippen LogP contribution in [0, 0.1) is 0 Å². The molecule has 0 aliphatic carbocycles. The number of likely N-dealkylation sites (N-methyl/N-ethyl adjacent to an activating group) is 2. The molecule has 0 bridgehead atoms. The Morgan fingerprint density at radius 1 is 1.15 bits per heavy atom. The molecule has 1 aromatic heterocycles. The molecule has 9 heteroatoms. The van der Waals surface area contributed by atoms with E-state index in [4.69, 9.17) is 4.74 Å². The highest BCUT2D eigenvalue weighted by Gasteiger charge is 2.36. The van der Waals surface area contributed by atoms with Gasteiger partial charge in [0.1, 0.15) is 5.69 Å². The molecular weight excluding hydrogens is 336 g/mol. The van der Waals surface area contributed by atoms with Gasteiger partial charge in [0.25, 0.3) is 11.8 Å². The maximum absolute atomic E-state index is 12.7. The molecule has 2 atom stereocenters. The summed E-state index contributed by atoms with van der Waals surface area (Å²) in [5.74, 6) is -0.334. The van der Waals surface area contributed by atoms with E-state index in [1.54, 1.807) is 22.7 Å². The first-order valence-corrected chi connectivity index (χ1v) is 9.17. The Hall–Kier alpha value is -1.97. The summed E-state index contributed by atoms with van der Waals surface area (Å²) < 4.78 is 7.27. The number of nitrogens with zero attached hydrogens (tertiary/aromatic N) is 5. The SMILES string of the molecule is CN1CCN([C@H]2COC[C@@H]2NC(=O)c2cc3n(n2)CCN(C)C3=O)CC1. The fraction of sp³-hybridized carbons (Fsp3) is 0.706. The van der Waals surface area contributed by atoms with Crippen molar-refractivity contribution in [3.63, 3.8) is 0 Å². The van der Waals surface area contributed by atoms with Crippen molar-refractivity contribution in [1.29, 1.82) is 0 Å². The van der Waals surface area contributed by atoms with Crippen LogP contribution in [0.4, 0.5) is 0 Å². The molecule has 2 fully saturated rings. The van der Waals surface area contributed by atoms with Gasteiger partial charge in [0.15, 0.2) is 5.69 Å². The van der Waals surface area contributed by atoms with E-state index in [0.717, 1.165) is 26.2 Å². The molecule has 9 nitrogen and oxygen atoms in total. The van der Waals surface area contributed by atoms with Crippen molar-refractivity contribution in [3.8, 4) is 0 Å². The average molecular weight is 362 g/mol. The average Bonchev–Trinajstić information content (AvgIpc) is 3.26. The predicted octanol–water partition coefficient (Wildman–Crippen LogP) is -1.29. The summed E-state index contributed by atoms with van der Waals surface area (Å²) in [6, 6.07) is 1.73. The minimum absolute atomic E-state index is 0.0528. The van der Waals surface area contributed by atoms with Gasteiger partial charge < -0.3 is 19.9 Å². The molecule has 2 saturated heterocycles. The summed E-state index contributed by atoms with van der Waals surface area (Å²) >= 11 is 0. The smallest absolute Gasteiger partial charge is 0.272 e. The van der Waals surface area contributed by atoms with Crippen LogP contribution in [0.15, 0.2) is 6.07 Å². The number of hydrogen-bond donors (Lipinski definition) is 1. The van der Waals surface area contributed by atoms with Crippen LogP contribution in [0.2, 0.25) is 0 Å². The van der Waals surface area contributed by atoms with E-state index in [0.29, 0.717) is 37.7 Å². The largest absolute Gasteiger partial charge is 0.378 e. The third kappa shape index (κ3) is 3.22. The van der Waals surface area contributed by atoms with Crippen molar-refractivity contribution >= 4 is 11.8 Å². The van der Waals surface area contributed by atoms with Crippen LogP contribution in [-0.2, 0) is 11.3 Å². The van der Waals surface area contributed by atoms with Crippen molar-refractivity contribution in [2.75, 3.05) is 60.0 Å². The maximum Gasteiger partial charge on any atom is 0.272 e. The van der Waals surface area contributed by atoms with E-state index in [9.17, 15) is 9.59 Å². The number of fused-ring (bicyclic) bond motifs is 1. The predicted molar refractivity (Wildman–Crippen MR) is 94.1 cm³/mol. The first-order chi connectivity index (χ1) is 12.5. The van der Waals surface area contributed by atoms with E-state index in [-0.39, 0.29) is 23.9 Å². The van der Waals surface area contributed by atoms with Crippen LogP contribution in [0.5, 0.6) is 0 Å². The fourth-order valence-electron chi connectivity index (χ4n) is 3.85. The van der Waals surface area contributed by atoms with Crippen LogP contribution >= 0.6 is 0 Å². The first kappa shape index (κ1) is 17.4. The lowest BCUT2D eigenvalue weighted by molar-refractivity contribution is 0.0741. The van der Waals surface area contributed by atoms with Crippen LogP contribution in [0.25, 0.3) is 0 Å². The van der Waals surface area contributed by atoms with Crippen molar-refractivity contribution in [2.24, 2.45) is 0 Å². The second kappa shape index (κ2) is 6.98. The van der Waals surface area contributed by atoms with Gasteiger partial charge in [-0.25, -0.2) is 0 Å². The van der Waals surface area contributed by atoms with Gasteiger partial charge in [-0.05, 0) is 7.05 Å². The number of aromatic nitrogens is 2. The molecule has 0 radical (unpaired) electrons. The molecule has 0 aromatic carbocycles. The number of ether oxygens (including phenoxy) is 1. The second-order valence-electron chi connectivity index (χ2n) is 7.39. The number of rotatable bonds is 3. The van der Waals surface area contributed by atoms with Gasteiger partial charge in [-0.15, -0.1) is 0 Å². The summed E-state index contributed by atoms with van der Waals surface area (Å²) in [4.78, 5) is 31.2. The van der Waals surface area contributed by atoms with Gasteiger partial charge in [-0.3, -0.25) is 19.2 Å². The summed E-state index contributed by atoms with van der Waals surface area (Å²) in [6.45, 7) is 6.39. The van der Waals surface area contributed by atoms with E-state index in [1.165, 1.54) is 0 Å². The monoisotopic (exact) mass is 362 g/mol. The van der Waals surface area contributed by atoms with Gasteiger partial charge in [0.05, 0.1) is 31.8 Å². The first-order valence-electron chi connectivity index (χ1n) is 9.17. The number of hydrogen-bond acceptors (Lipinski definition) is 6. The van der Waals surface area contributed by atoms with Gasteiger partial charge in [-0.2, -0.15) is 5.10 Å². The highest BCUT2D eigenvalue weighted by molar-refractivity contribution is 5.98. The lowest BCUT2D eigenvalue weighted by Gasteiger charge is -2.37. The Labute approximate surface area is 152 Å². The van der Waals surface area contributed by atoms with Gasteiger partial charge in [0.2, 0.25) is 0 Å². The molecule has 1 N–H and O–H groups in total. The molecule has 4 heterocycles. The Bertz CT molecular complexity index is 697. The quantitative estimate of drug-likeness (QED) is 0.721. The summed E-state index contributed by atoms with van der Waals surface area (Å²) in [7, 11) is 3.88. The number of piperazine rings is 1. The Morgan fingerprint density at radius 2 is 1.92 bits per heavy atom. The minimum Gasteiger partial charge on any atom is -0.378 e. The van der Waals surface area contributed by atoms with Crippen molar-refractivity contribution in [1.82, 2.24) is 29.8 Å². The molecule has 2 amide bonds. The molecule has 3 aliphatic heterocycles. The van der Waals surface area contributed by atoms with E-state index < -0.39 is 0 Å². The molecule has 3 aliphatic rings. The third-order valence-electron chi connectivity index (χ3n) is 5.60. The lowest BCUT2D eigenvalue weighted by atomic mass is 10.1. The van der Waals surface area contributed by atoms with E-state index >= 15 is 0 Å². The normalized spacial score (nSPS) is 27.6. The second-order valence-corrected chi connectivity index (χ2v) is 7.39. The minimum atomic E-state index is -0.239. The van der Waals surface area contributed by atoms with E-state index in [2.05, 4.69) is 27.3 Å². The zero-order valence-electron chi connectivity index (χ0n) is 15.3. The van der Waals surface area contributed by atoms with E-state index in [1.807, 2.05) is 0 Å². The molecule has 1 aromatic rings. The van der Waals surface area contributed by atoms with Crippen molar-refractivity contribution in [2.45, 2.75) is 18.6 Å². The van der Waals surface area contributed by atoms with Crippen LogP contribution < -0.4 is 5.32 Å². The third-order valence-corrected chi connectivity index (χ3v) is 5.60. The molecule has 0 saturated carbocycles. The fourth-order valence-corrected chi connectivity index (χ4v) is 3.85. The lowest BCUT2D eigenvalue weighted by Crippen LogP contribution is -2.56. The topological polar surface area (TPSA) is 82.9 Å². The molecule has 4 rings (SSSR count). The van der Waals surface area contributed by atoms with Gasteiger partial charge in [-0.1, -0.05) is 0 Å². The zero-order valence-corrected chi connectivity index (χ0v) is 15.3. The van der Waals surface area contributed by atoms with Crippen LogP contribution in [-0.4, -0.2) is 108 Å². The number of carbonyl (C=O) groups excluding carboxylic acids is 2. The Kier molecular flexibility index (Phi) is 4.68. The van der Waals surface area contributed by atoms with Crippen LogP contribution in [0.3, 0.4) is 0 Å². The number of carbonyl (C=O) groups is 2. The van der Waals surface area contributed by atoms with Crippen LogP contribution in [0.1, 0.15) is 21.0 Å². The summed E-state index contributed by atoms with van der Waals surface area (Å²) in [5, 5.41) is 7.39. The van der Waals surface area contributed by atoms with Crippen molar-refractivity contribution < 1.29 is 14.3 Å². The molecule has 0 spiro atoms. The Morgan fingerprint density at radius 3 is 2.69 bits per heavy atom. The highest BCUT2D eigenvalue weighted by Crippen LogP contribution is 2.17. The highest BCUT2D eigenvalue weighted by atomic mass is 16.5. The Balaban J connectivity index is 1.43. The van der Waals surface area contributed by atoms with Gasteiger partial charge in [0, 0.05) is 45.8 Å². The number of nitrogens with one attached hydrogen (secondary N) is 1. The molecular formula is C17H26N6O3. The molecule has 26 heavy (non-hydrogen) atoms. The standard InChI is InChI=1S/C17H26N6O3/c1-20-3-6-22(7-4-20)15-11-26-10-13(15)18-16(24)12-9-14-17(25)21(2)5-8-23(14)19-12/h9,13,15H,3-8,10-11H2,1-2H3,(H,18,24)/t13-,15-/m0/s1. The van der Waals surface area contributed by atoms with Crippen molar-refractivity contribution in [3.05, 3.63) is 17.5 Å². The molecule has 142 valence electrons.